The average Bonchev–Trinajstić information content (AvgIpc) is 1.50. The summed E-state index contributed by atoms with van der Waals surface area (Å²) < 4.78 is 16.8. The number of anilines is 3. The van der Waals surface area contributed by atoms with Crippen molar-refractivity contribution in [3.05, 3.63) is 251 Å². The molecule has 4 aliphatic rings. The number of hydrogen-bond acceptors (Lipinski definition) is 3. The predicted octanol–water partition coefficient (Wildman–Crippen LogP) is 32.2. The van der Waals surface area contributed by atoms with E-state index < -0.39 is 5.41 Å². The van der Waals surface area contributed by atoms with E-state index in [1.807, 2.05) is 0 Å². The molecule has 110 heavy (non-hydrogen) atoms. The van der Waals surface area contributed by atoms with Gasteiger partial charge in [-0.25, -0.2) is 0 Å². The van der Waals surface area contributed by atoms with Gasteiger partial charge in [0.15, 0.2) is 0 Å². The van der Waals surface area contributed by atoms with Crippen LogP contribution in [0, 0.1) is 0 Å². The van der Waals surface area contributed by atoms with Gasteiger partial charge in [0, 0.05) is 76.6 Å². The van der Waals surface area contributed by atoms with Crippen LogP contribution in [-0.4, -0.2) is 4.57 Å². The predicted molar refractivity (Wildman–Crippen MR) is 470 cm³/mol. The Balaban J connectivity index is 0.890. The van der Waals surface area contributed by atoms with Gasteiger partial charge in [0.1, 0.15) is 22.3 Å². The molecule has 4 aliphatic carbocycles. The molecule has 0 unspecified atom stereocenters. The highest BCUT2D eigenvalue weighted by molar-refractivity contribution is 6.22. The van der Waals surface area contributed by atoms with Crippen molar-refractivity contribution in [1.29, 1.82) is 0 Å². The number of unbranched alkanes of at least 4 members (excludes halogenated alkanes) is 20. The van der Waals surface area contributed by atoms with Gasteiger partial charge in [0.2, 0.25) is 0 Å². The molecule has 0 radical (unpaired) electrons. The lowest BCUT2D eigenvalue weighted by Crippen LogP contribution is -2.27. The van der Waals surface area contributed by atoms with E-state index >= 15 is 0 Å². The lowest BCUT2D eigenvalue weighted by molar-refractivity contribution is 0.394. The van der Waals surface area contributed by atoms with Crippen molar-refractivity contribution in [2.75, 3.05) is 4.90 Å². The SMILES string of the molecule is CCCCCCCCC1(CCCCCCCC)c2cc(N(c3ccc4c(c3)C(C)(C)c3c5c(c6oc7ccccc7c6c3-4)-c3ccccc3C5(C)C)c3cccc4c5ccccc5n(-c5ccccc5)c34)ccc2-c2cc3c(cc21)-c1c(ccc2oc4ccccc4c12)C3(CCCCCCCC)CCCCCCCC. The lowest BCUT2D eigenvalue weighted by atomic mass is 9.68. The lowest BCUT2D eigenvalue weighted by Gasteiger charge is -2.35. The van der Waals surface area contributed by atoms with Crippen LogP contribution in [0.15, 0.2) is 215 Å². The van der Waals surface area contributed by atoms with Gasteiger partial charge in [0.25, 0.3) is 0 Å². The summed E-state index contributed by atoms with van der Waals surface area (Å²) in [4.78, 5) is 2.72. The first-order valence-corrected chi connectivity index (χ1v) is 43.4. The smallest absolute Gasteiger partial charge is 0.144 e. The highest BCUT2D eigenvalue weighted by Gasteiger charge is 2.51. The zero-order chi connectivity index (χ0) is 74.9. The van der Waals surface area contributed by atoms with Gasteiger partial charge < -0.3 is 18.3 Å². The second kappa shape index (κ2) is 29.7. The van der Waals surface area contributed by atoms with E-state index in [0.29, 0.717) is 0 Å². The summed E-state index contributed by atoms with van der Waals surface area (Å²) in [6.07, 6.45) is 35.2. The molecule has 3 aromatic heterocycles. The van der Waals surface area contributed by atoms with E-state index in [-0.39, 0.29) is 16.2 Å². The number of furan rings is 2. The summed E-state index contributed by atoms with van der Waals surface area (Å²) in [6.45, 7) is 19.4. The quantitative estimate of drug-likeness (QED) is 0.0394. The van der Waals surface area contributed by atoms with E-state index in [2.05, 4.69) is 271 Å². The first-order valence-electron chi connectivity index (χ1n) is 43.4. The number of rotatable bonds is 32. The Bertz CT molecular complexity index is 5750. The van der Waals surface area contributed by atoms with Crippen LogP contribution in [-0.2, 0) is 21.7 Å². The van der Waals surface area contributed by atoms with Gasteiger partial charge in [-0.15, -0.1) is 0 Å². The molecule has 560 valence electrons. The Morgan fingerprint density at radius 2 is 0.782 bits per heavy atom. The number of aromatic nitrogens is 1. The average molecular weight is 1450 g/mol. The van der Waals surface area contributed by atoms with Crippen LogP contribution >= 0.6 is 0 Å². The van der Waals surface area contributed by atoms with E-state index in [0.717, 1.165) is 40.9 Å². The highest BCUT2D eigenvalue weighted by Crippen LogP contribution is 2.66. The number of benzene rings is 11. The maximum atomic E-state index is 7.24. The molecule has 0 spiro atoms. The Hall–Kier alpha value is -9.38. The van der Waals surface area contributed by atoms with E-state index in [9.17, 15) is 0 Å². The molecule has 4 heteroatoms. The van der Waals surface area contributed by atoms with Gasteiger partial charge in [-0.3, -0.25) is 0 Å². The summed E-state index contributed by atoms with van der Waals surface area (Å²) in [7, 11) is 0. The zero-order valence-corrected chi connectivity index (χ0v) is 67.1. The molecule has 11 aromatic carbocycles. The number of para-hydroxylation sites is 5. The first kappa shape index (κ1) is 72.2. The standard InChI is InChI=1S/C106H114N2O2/c1-9-13-17-21-25-40-63-105(64-41-26-22-18-14-10-2)84-61-62-93-95(79-49-34-38-55-91(79)109-93)94(84)82-70-87-81(69-88(82)105)74-59-57-73(68-86(74)106(87,65-42-27-23-19-15-11-3)66-43-28-24-20-16-12-4)107(90-54-44-51-76-75-47-33-37-53-89(75)108(101(76)90)71-45-30-29-31-46-71)72-58-60-78-85(67-72)104(7,8)99-96(78)97-80-50-35-39-56-92(80)110-102(97)98-77-48-32-36-52-83(77)103(5,6)100(98)99/h29-39,44-62,67-70H,9-28,40-43,63-66H2,1-8H3. The van der Waals surface area contributed by atoms with Crippen molar-refractivity contribution in [1.82, 2.24) is 4.57 Å². The van der Waals surface area contributed by atoms with Crippen LogP contribution in [0.1, 0.15) is 280 Å². The minimum atomic E-state index is -0.400. The summed E-state index contributed by atoms with van der Waals surface area (Å²) in [5, 5.41) is 7.50. The van der Waals surface area contributed by atoms with Gasteiger partial charge in [0.05, 0.1) is 16.7 Å². The van der Waals surface area contributed by atoms with Crippen LogP contribution in [0.2, 0.25) is 0 Å². The van der Waals surface area contributed by atoms with Gasteiger partial charge in [-0.05, 0) is 188 Å². The minimum absolute atomic E-state index is 0.129. The first-order chi connectivity index (χ1) is 54.0. The third kappa shape index (κ3) is 11.7. The second-order valence-electron chi connectivity index (χ2n) is 34.9. The second-order valence-corrected chi connectivity index (χ2v) is 34.9. The molecular formula is C106H114N2O2. The molecule has 4 nitrogen and oxygen atoms in total. The monoisotopic (exact) mass is 1450 g/mol. The fraction of sp³-hybridized carbons (Fsp3) is 0.377. The van der Waals surface area contributed by atoms with E-state index in [4.69, 9.17) is 8.83 Å². The summed E-state index contributed by atoms with van der Waals surface area (Å²) in [5.41, 5.74) is 32.9. The molecule has 0 bridgehead atoms. The third-order valence-electron chi connectivity index (χ3n) is 27.5. The molecule has 0 aliphatic heterocycles. The maximum absolute atomic E-state index is 7.24. The molecule has 0 N–H and O–H groups in total. The topological polar surface area (TPSA) is 34.5 Å². The molecule has 3 heterocycles. The number of fused-ring (bicyclic) bond motifs is 25. The van der Waals surface area contributed by atoms with Crippen molar-refractivity contribution in [2.24, 2.45) is 0 Å². The molecule has 0 atom stereocenters. The van der Waals surface area contributed by atoms with Crippen molar-refractivity contribution >= 4 is 82.7 Å². The molecule has 0 fully saturated rings. The summed E-state index contributed by atoms with van der Waals surface area (Å²) >= 11 is 0. The molecule has 0 saturated carbocycles. The fourth-order valence-corrected chi connectivity index (χ4v) is 22.2. The van der Waals surface area contributed by atoms with Crippen molar-refractivity contribution in [3.63, 3.8) is 0 Å². The van der Waals surface area contributed by atoms with Crippen LogP contribution in [0.25, 0.3) is 116 Å². The Morgan fingerprint density at radius 1 is 0.309 bits per heavy atom. The van der Waals surface area contributed by atoms with Gasteiger partial charge in [-0.2, -0.15) is 0 Å². The number of hydrogen-bond donors (Lipinski definition) is 0. The van der Waals surface area contributed by atoms with Gasteiger partial charge >= 0.3 is 0 Å². The largest absolute Gasteiger partial charge is 0.456 e. The Morgan fingerprint density at radius 3 is 1.43 bits per heavy atom. The van der Waals surface area contributed by atoms with Crippen molar-refractivity contribution < 1.29 is 8.83 Å². The third-order valence-corrected chi connectivity index (χ3v) is 27.5. The Labute approximate surface area is 654 Å². The fourth-order valence-electron chi connectivity index (χ4n) is 22.2. The summed E-state index contributed by atoms with van der Waals surface area (Å²) in [6, 6.07) is 80.8. The van der Waals surface area contributed by atoms with Crippen molar-refractivity contribution in [3.8, 4) is 50.2 Å². The molecule has 18 rings (SSSR count). The van der Waals surface area contributed by atoms with Crippen LogP contribution in [0.4, 0.5) is 17.1 Å². The molecular weight excluding hydrogens is 1330 g/mol. The zero-order valence-electron chi connectivity index (χ0n) is 67.1. The summed E-state index contributed by atoms with van der Waals surface area (Å²) in [5.74, 6) is 0. The molecule has 0 saturated heterocycles. The van der Waals surface area contributed by atoms with E-state index in [1.165, 1.54) is 300 Å². The highest BCUT2D eigenvalue weighted by atomic mass is 16.3. The molecule has 0 amide bonds. The Kier molecular flexibility index (Phi) is 19.5. The van der Waals surface area contributed by atoms with Crippen LogP contribution in [0.5, 0.6) is 0 Å². The van der Waals surface area contributed by atoms with E-state index in [1.54, 1.807) is 16.7 Å². The number of nitrogens with zero attached hydrogens (tertiary/aromatic N) is 2. The van der Waals surface area contributed by atoms with Gasteiger partial charge in [-0.1, -0.05) is 337 Å². The molecule has 14 aromatic rings. The minimum Gasteiger partial charge on any atom is -0.456 e. The van der Waals surface area contributed by atoms with Crippen molar-refractivity contribution in [2.45, 2.75) is 257 Å². The van der Waals surface area contributed by atoms with Crippen LogP contribution in [0.3, 0.4) is 0 Å². The van der Waals surface area contributed by atoms with Crippen LogP contribution < -0.4 is 4.90 Å². The normalized spacial score (nSPS) is 14.9. The maximum Gasteiger partial charge on any atom is 0.144 e.